The Bertz CT molecular complexity index is 95.8. The number of hydrogen-bond acceptors (Lipinski definition) is 1. The quantitative estimate of drug-likeness (QED) is 0.442. The molecule has 0 aliphatic carbocycles. The van der Waals surface area contributed by atoms with Crippen molar-refractivity contribution >= 4 is 11.6 Å². The van der Waals surface area contributed by atoms with Gasteiger partial charge in [-0.3, -0.25) is 0 Å². The minimum absolute atomic E-state index is 0.727. The topological polar surface area (TPSA) is 3.24 Å². The molecule has 0 saturated carbocycles. The van der Waals surface area contributed by atoms with Crippen molar-refractivity contribution in [1.29, 1.82) is 0 Å². The number of nitrogens with zero attached hydrogens (tertiary/aromatic N) is 1. The lowest BCUT2D eigenvalue weighted by Crippen LogP contribution is -2.33. The van der Waals surface area contributed by atoms with Crippen LogP contribution in [0.1, 0.15) is 40.0 Å². The Morgan fingerprint density at radius 3 is 2.33 bits per heavy atom. The van der Waals surface area contributed by atoms with Gasteiger partial charge in [0, 0.05) is 11.9 Å². The van der Waals surface area contributed by atoms with Gasteiger partial charge < -0.3 is 4.90 Å². The molecule has 0 spiro atoms. The predicted molar refractivity (Wildman–Crippen MR) is 57.0 cm³/mol. The zero-order valence-electron chi connectivity index (χ0n) is 8.65. The van der Waals surface area contributed by atoms with Gasteiger partial charge in [0.15, 0.2) is 0 Å². The summed E-state index contributed by atoms with van der Waals surface area (Å²) in [6, 6.07) is 0.727. The largest absolute Gasteiger partial charge is 0.301 e. The molecule has 0 amide bonds. The van der Waals surface area contributed by atoms with Crippen LogP contribution in [0.4, 0.5) is 0 Å². The summed E-state index contributed by atoms with van der Waals surface area (Å²) in [4.78, 5) is 2.52. The van der Waals surface area contributed by atoms with E-state index in [-0.39, 0.29) is 0 Å². The fourth-order valence-electron chi connectivity index (χ4n) is 1.36. The molecule has 1 atom stereocenters. The molecule has 0 aliphatic rings. The van der Waals surface area contributed by atoms with Crippen molar-refractivity contribution < 1.29 is 0 Å². The Labute approximate surface area is 82.1 Å². The second-order valence-electron chi connectivity index (χ2n) is 3.28. The van der Waals surface area contributed by atoms with Gasteiger partial charge in [0.25, 0.3) is 0 Å². The fourth-order valence-corrected chi connectivity index (χ4v) is 1.55. The van der Waals surface area contributed by atoms with Crippen molar-refractivity contribution in [2.24, 2.45) is 0 Å². The first-order valence-electron chi connectivity index (χ1n) is 5.06. The molecule has 0 fully saturated rings. The van der Waals surface area contributed by atoms with Crippen molar-refractivity contribution in [3.8, 4) is 0 Å². The van der Waals surface area contributed by atoms with Crippen LogP contribution in [0.15, 0.2) is 0 Å². The second kappa shape index (κ2) is 7.88. The Kier molecular flexibility index (Phi) is 8.04. The van der Waals surface area contributed by atoms with E-state index in [0.29, 0.717) is 0 Å². The lowest BCUT2D eigenvalue weighted by Gasteiger charge is -2.26. The van der Waals surface area contributed by atoms with Gasteiger partial charge in [-0.15, -0.1) is 11.6 Å². The average molecular weight is 192 g/mol. The normalized spacial score (nSPS) is 13.8. The van der Waals surface area contributed by atoms with E-state index < -0.39 is 0 Å². The summed E-state index contributed by atoms with van der Waals surface area (Å²) in [5, 5.41) is 0. The van der Waals surface area contributed by atoms with Gasteiger partial charge in [-0.2, -0.15) is 0 Å². The molecule has 0 aromatic rings. The molecule has 1 nitrogen and oxygen atoms in total. The lowest BCUT2D eigenvalue weighted by atomic mass is 10.2. The molecule has 0 aromatic carbocycles. The SMILES string of the molecule is CCC(C)N(CC)CCCCCl. The first-order chi connectivity index (χ1) is 5.76. The maximum Gasteiger partial charge on any atom is 0.0223 e. The molecular formula is C10H22ClN. The van der Waals surface area contributed by atoms with Crippen LogP contribution in [0, 0.1) is 0 Å². The molecule has 0 bridgehead atoms. The number of rotatable bonds is 7. The first kappa shape index (κ1) is 12.2. The summed E-state index contributed by atoms with van der Waals surface area (Å²) in [6.45, 7) is 9.14. The third-order valence-corrected chi connectivity index (χ3v) is 2.72. The molecule has 0 saturated heterocycles. The van der Waals surface area contributed by atoms with Crippen molar-refractivity contribution in [3.63, 3.8) is 0 Å². The number of hydrogen-bond donors (Lipinski definition) is 0. The van der Waals surface area contributed by atoms with E-state index in [2.05, 4.69) is 25.7 Å². The van der Waals surface area contributed by atoms with E-state index in [0.717, 1.165) is 24.9 Å². The van der Waals surface area contributed by atoms with Crippen molar-refractivity contribution in [2.45, 2.75) is 46.1 Å². The van der Waals surface area contributed by atoms with Crippen LogP contribution in [0.25, 0.3) is 0 Å². The Morgan fingerprint density at radius 1 is 1.25 bits per heavy atom. The van der Waals surface area contributed by atoms with E-state index in [4.69, 9.17) is 11.6 Å². The first-order valence-corrected chi connectivity index (χ1v) is 5.59. The number of halogens is 1. The summed E-state index contributed by atoms with van der Waals surface area (Å²) in [5.41, 5.74) is 0. The zero-order valence-corrected chi connectivity index (χ0v) is 9.40. The maximum atomic E-state index is 5.62. The van der Waals surface area contributed by atoms with Crippen LogP contribution < -0.4 is 0 Å². The number of alkyl halides is 1. The van der Waals surface area contributed by atoms with Gasteiger partial charge in [-0.05, 0) is 39.3 Å². The lowest BCUT2D eigenvalue weighted by molar-refractivity contribution is 0.212. The monoisotopic (exact) mass is 191 g/mol. The Morgan fingerprint density at radius 2 is 1.92 bits per heavy atom. The molecule has 0 N–H and O–H groups in total. The highest BCUT2D eigenvalue weighted by atomic mass is 35.5. The smallest absolute Gasteiger partial charge is 0.0223 e. The van der Waals surface area contributed by atoms with Crippen LogP contribution in [0.3, 0.4) is 0 Å². The summed E-state index contributed by atoms with van der Waals surface area (Å²) >= 11 is 5.62. The summed E-state index contributed by atoms with van der Waals surface area (Å²) in [6.07, 6.45) is 3.63. The molecule has 0 rings (SSSR count). The van der Waals surface area contributed by atoms with Gasteiger partial charge in [-0.1, -0.05) is 13.8 Å². The summed E-state index contributed by atoms with van der Waals surface area (Å²) < 4.78 is 0. The molecule has 0 aromatic heterocycles. The highest BCUT2D eigenvalue weighted by Gasteiger charge is 2.08. The fraction of sp³-hybridized carbons (Fsp3) is 1.00. The summed E-state index contributed by atoms with van der Waals surface area (Å²) in [7, 11) is 0. The van der Waals surface area contributed by atoms with Crippen LogP contribution in [-0.4, -0.2) is 29.9 Å². The molecule has 0 aliphatic heterocycles. The van der Waals surface area contributed by atoms with E-state index in [9.17, 15) is 0 Å². The molecule has 0 heterocycles. The van der Waals surface area contributed by atoms with Gasteiger partial charge in [0.2, 0.25) is 0 Å². The predicted octanol–water partition coefficient (Wildman–Crippen LogP) is 3.13. The molecule has 12 heavy (non-hydrogen) atoms. The second-order valence-corrected chi connectivity index (χ2v) is 3.66. The van der Waals surface area contributed by atoms with Gasteiger partial charge in [-0.25, -0.2) is 0 Å². The van der Waals surface area contributed by atoms with E-state index >= 15 is 0 Å². The average Bonchev–Trinajstić information content (AvgIpc) is 2.11. The Balaban J connectivity index is 3.52. The Hall–Kier alpha value is 0.250. The summed E-state index contributed by atoms with van der Waals surface area (Å²) in [5.74, 6) is 0.804. The molecular weight excluding hydrogens is 170 g/mol. The van der Waals surface area contributed by atoms with E-state index in [1.807, 2.05) is 0 Å². The van der Waals surface area contributed by atoms with Crippen LogP contribution >= 0.6 is 11.6 Å². The van der Waals surface area contributed by atoms with Crippen molar-refractivity contribution in [3.05, 3.63) is 0 Å². The van der Waals surface area contributed by atoms with Crippen LogP contribution in [0.5, 0.6) is 0 Å². The zero-order chi connectivity index (χ0) is 9.40. The van der Waals surface area contributed by atoms with Gasteiger partial charge in [0.1, 0.15) is 0 Å². The third kappa shape index (κ3) is 5.00. The van der Waals surface area contributed by atoms with Crippen LogP contribution in [0.2, 0.25) is 0 Å². The van der Waals surface area contributed by atoms with E-state index in [1.165, 1.54) is 19.4 Å². The minimum Gasteiger partial charge on any atom is -0.301 e. The van der Waals surface area contributed by atoms with Crippen molar-refractivity contribution in [1.82, 2.24) is 4.90 Å². The van der Waals surface area contributed by atoms with Gasteiger partial charge in [0.05, 0.1) is 0 Å². The van der Waals surface area contributed by atoms with Crippen molar-refractivity contribution in [2.75, 3.05) is 19.0 Å². The molecule has 74 valence electrons. The molecule has 0 radical (unpaired) electrons. The van der Waals surface area contributed by atoms with Crippen LogP contribution in [-0.2, 0) is 0 Å². The standard InChI is InChI=1S/C10H22ClN/c1-4-10(3)12(5-2)9-7-6-8-11/h10H,4-9H2,1-3H3. The van der Waals surface area contributed by atoms with Gasteiger partial charge >= 0.3 is 0 Å². The highest BCUT2D eigenvalue weighted by Crippen LogP contribution is 2.05. The number of unbranched alkanes of at least 4 members (excludes halogenated alkanes) is 1. The maximum absolute atomic E-state index is 5.62. The molecule has 2 heteroatoms. The highest BCUT2D eigenvalue weighted by molar-refractivity contribution is 6.17. The minimum atomic E-state index is 0.727. The molecule has 1 unspecified atom stereocenters. The third-order valence-electron chi connectivity index (χ3n) is 2.45. The van der Waals surface area contributed by atoms with E-state index in [1.54, 1.807) is 0 Å².